The molecule has 0 saturated heterocycles. The average molecular weight is 528 g/mol. The molecule has 0 bridgehead atoms. The molecule has 4 aromatic rings. The largest absolute Gasteiger partial charge is 0.265 e. The summed E-state index contributed by atoms with van der Waals surface area (Å²) < 4.78 is 38.6. The van der Waals surface area contributed by atoms with Gasteiger partial charge in [0.15, 0.2) is 0 Å². The van der Waals surface area contributed by atoms with Crippen molar-refractivity contribution in [2.75, 3.05) is 0 Å². The number of halogens is 1. The van der Waals surface area contributed by atoms with Crippen molar-refractivity contribution < 1.29 is 31.4 Å². The number of aromatic nitrogens is 2. The summed E-state index contributed by atoms with van der Waals surface area (Å²) in [4.78, 5) is 8.28. The maximum atomic E-state index is 12.6. The summed E-state index contributed by atoms with van der Waals surface area (Å²) in [5, 5.41) is 0. The summed E-state index contributed by atoms with van der Waals surface area (Å²) in [6.45, 7) is 1.76. The molecule has 8 heteroatoms. The van der Waals surface area contributed by atoms with E-state index in [9.17, 15) is 11.6 Å². The third kappa shape index (κ3) is 7.37. The molecule has 2 aromatic carbocycles. The van der Waals surface area contributed by atoms with Crippen molar-refractivity contribution in [3.8, 4) is 11.3 Å². The molecule has 0 aliphatic heterocycles. The zero-order chi connectivity index (χ0) is 22.5. The van der Waals surface area contributed by atoms with Crippen LogP contribution in [-0.4, -0.2) is 18.4 Å². The third-order valence-corrected chi connectivity index (χ3v) is 5.45. The SMILES string of the molecule is Cc1ccccc1S(=O)(=O)[N-]c1ccccc1-c1ccccn1.[F][Pd+].c1ccncc1. The first kappa shape index (κ1) is 24.4. The zero-order valence-electron chi connectivity index (χ0n) is 16.6. The molecule has 0 amide bonds. The second kappa shape index (κ2) is 12.7. The fourth-order valence-electron chi connectivity index (χ4n) is 2.63. The van der Waals surface area contributed by atoms with Crippen LogP contribution in [-0.2, 0) is 29.7 Å². The Morgan fingerprint density at radius 3 is 1.97 bits per heavy atom. The predicted octanol–water partition coefficient (Wildman–Crippen LogP) is 5.95. The van der Waals surface area contributed by atoms with E-state index in [0.29, 0.717) is 22.5 Å². The zero-order valence-corrected chi connectivity index (χ0v) is 18.9. The van der Waals surface area contributed by atoms with Crippen molar-refractivity contribution >= 4 is 15.7 Å². The van der Waals surface area contributed by atoms with E-state index in [1.807, 2.05) is 48.5 Å². The van der Waals surface area contributed by atoms with Gasteiger partial charge in [-0.2, -0.15) is 0 Å². The van der Waals surface area contributed by atoms with E-state index in [1.54, 1.807) is 61.9 Å². The van der Waals surface area contributed by atoms with Gasteiger partial charge in [-0.25, -0.2) is 8.42 Å². The van der Waals surface area contributed by atoms with Crippen molar-refractivity contribution in [3.05, 3.63) is 114 Å². The van der Waals surface area contributed by atoms with Gasteiger partial charge in [-0.1, -0.05) is 54.6 Å². The van der Waals surface area contributed by atoms with E-state index >= 15 is 0 Å². The van der Waals surface area contributed by atoms with Crippen LogP contribution in [0.4, 0.5) is 8.91 Å². The van der Waals surface area contributed by atoms with E-state index < -0.39 is 10.0 Å². The Bertz CT molecular complexity index is 1130. The van der Waals surface area contributed by atoms with Gasteiger partial charge in [0.25, 0.3) is 0 Å². The molecule has 5 nitrogen and oxygen atoms in total. The maximum absolute atomic E-state index is 12.6. The molecule has 0 atom stereocenters. The molecule has 0 fully saturated rings. The van der Waals surface area contributed by atoms with Crippen LogP contribution >= 0.6 is 0 Å². The fraction of sp³-hybridized carbons (Fsp3) is 0.0435. The molecule has 0 spiro atoms. The number of hydrogen-bond acceptors (Lipinski definition) is 4. The van der Waals surface area contributed by atoms with E-state index in [1.165, 1.54) is 19.7 Å². The first-order valence-electron chi connectivity index (χ1n) is 9.09. The van der Waals surface area contributed by atoms with E-state index in [0.717, 1.165) is 0 Å². The Labute approximate surface area is 193 Å². The first-order valence-corrected chi connectivity index (χ1v) is 11.1. The number of aryl methyl sites for hydroxylation is 1. The van der Waals surface area contributed by atoms with Gasteiger partial charge in [-0.3, -0.25) is 9.97 Å². The molecular weight excluding hydrogens is 508 g/mol. The Kier molecular flexibility index (Phi) is 9.98. The summed E-state index contributed by atoms with van der Waals surface area (Å²) >= 11 is 1.25. The normalized spacial score (nSPS) is 10.1. The van der Waals surface area contributed by atoms with Crippen LogP contribution in [0.2, 0.25) is 0 Å². The van der Waals surface area contributed by atoms with Gasteiger partial charge in [0.05, 0.1) is 10.6 Å². The Balaban J connectivity index is 0.000000363. The molecular formula is C23H20FN3O2PdS. The molecule has 4 rings (SSSR count). The number of sulfonamides is 1. The molecule has 0 N–H and O–H groups in total. The van der Waals surface area contributed by atoms with Gasteiger partial charge < -0.3 is 4.72 Å². The predicted molar refractivity (Wildman–Crippen MR) is 116 cm³/mol. The van der Waals surface area contributed by atoms with Crippen molar-refractivity contribution in [2.24, 2.45) is 0 Å². The maximum Gasteiger partial charge on any atom is 0.0267 e. The van der Waals surface area contributed by atoms with E-state index in [2.05, 4.69) is 14.7 Å². The van der Waals surface area contributed by atoms with Gasteiger partial charge in [-0.05, 0) is 48.4 Å². The number of benzene rings is 2. The Morgan fingerprint density at radius 1 is 0.774 bits per heavy atom. The molecule has 162 valence electrons. The smallest absolute Gasteiger partial charge is 0.0267 e. The minimum Gasteiger partial charge on any atom is -0.265 e. The van der Waals surface area contributed by atoms with Crippen LogP contribution < -0.4 is 0 Å². The summed E-state index contributed by atoms with van der Waals surface area (Å²) in [7, 11) is -3.78. The third-order valence-electron chi connectivity index (χ3n) is 4.00. The van der Waals surface area contributed by atoms with Crippen molar-refractivity contribution in [2.45, 2.75) is 11.8 Å². The van der Waals surface area contributed by atoms with Crippen LogP contribution in [0.15, 0.2) is 108 Å². The van der Waals surface area contributed by atoms with E-state index in [4.69, 9.17) is 0 Å². The second-order valence-corrected chi connectivity index (χ2v) is 7.66. The second-order valence-electron chi connectivity index (χ2n) is 6.09. The summed E-state index contributed by atoms with van der Waals surface area (Å²) in [5.74, 6) is 0. The van der Waals surface area contributed by atoms with Crippen LogP contribution in [0.25, 0.3) is 16.0 Å². The van der Waals surface area contributed by atoms with Gasteiger partial charge in [-0.15, -0.1) is 5.69 Å². The Morgan fingerprint density at radius 2 is 1.39 bits per heavy atom. The van der Waals surface area contributed by atoms with Gasteiger partial charge in [0.2, 0.25) is 0 Å². The molecule has 2 heterocycles. The van der Waals surface area contributed by atoms with Crippen LogP contribution in [0, 0.1) is 6.92 Å². The van der Waals surface area contributed by atoms with Crippen molar-refractivity contribution in [1.82, 2.24) is 9.97 Å². The monoisotopic (exact) mass is 527 g/mol. The number of rotatable bonds is 4. The first-order chi connectivity index (χ1) is 15.1. The molecule has 0 saturated carbocycles. The van der Waals surface area contributed by atoms with Gasteiger partial charge >= 0.3 is 22.9 Å². The molecule has 0 aliphatic rings. The summed E-state index contributed by atoms with van der Waals surface area (Å²) in [6, 6.07) is 25.1. The van der Waals surface area contributed by atoms with Crippen molar-refractivity contribution in [3.63, 3.8) is 0 Å². The molecule has 31 heavy (non-hydrogen) atoms. The molecule has 0 radical (unpaired) electrons. The van der Waals surface area contributed by atoms with Crippen molar-refractivity contribution in [1.29, 1.82) is 0 Å². The average Bonchev–Trinajstić information content (AvgIpc) is 2.83. The summed E-state index contributed by atoms with van der Waals surface area (Å²) in [5.41, 5.74) is 2.43. The minimum atomic E-state index is -3.78. The number of nitrogens with zero attached hydrogens (tertiary/aromatic N) is 3. The van der Waals surface area contributed by atoms with Crippen LogP contribution in [0.3, 0.4) is 0 Å². The van der Waals surface area contributed by atoms with E-state index in [-0.39, 0.29) is 4.90 Å². The van der Waals surface area contributed by atoms with Gasteiger partial charge in [0, 0.05) is 18.6 Å². The van der Waals surface area contributed by atoms with Crippen LogP contribution in [0.5, 0.6) is 0 Å². The summed E-state index contributed by atoms with van der Waals surface area (Å²) in [6.07, 6.45) is 5.17. The quantitative estimate of drug-likeness (QED) is 0.307. The topological polar surface area (TPSA) is 74.0 Å². The molecule has 0 aliphatic carbocycles. The fourth-order valence-corrected chi connectivity index (χ4v) is 3.87. The van der Waals surface area contributed by atoms with Gasteiger partial charge in [0.1, 0.15) is 10.0 Å². The molecule has 0 unspecified atom stereocenters. The molecule has 2 aromatic heterocycles. The Hall–Kier alpha value is -2.92. The number of pyridine rings is 2. The minimum absolute atomic E-state index is 0.218. The number of hydrogen-bond donors (Lipinski definition) is 0. The standard InChI is InChI=1S/C18H15N2O2S.C5H5N.FH.Pd/c1-14-8-2-5-12-18(14)23(21,22)20-17-11-4-3-9-15(17)16-10-6-7-13-19-16;1-2-4-6-5-3-1;;/h2-13H,1H3;1-5H;1H;/q-1;;;+2/p-1. The van der Waals surface area contributed by atoms with Crippen LogP contribution in [0.1, 0.15) is 5.56 Å².